The van der Waals surface area contributed by atoms with Crippen molar-refractivity contribution in [2.24, 2.45) is 11.3 Å². The van der Waals surface area contributed by atoms with Crippen LogP contribution in [0.5, 0.6) is 0 Å². The molecule has 0 aromatic heterocycles. The molecule has 29 heavy (non-hydrogen) atoms. The van der Waals surface area contributed by atoms with E-state index in [0.717, 1.165) is 31.0 Å². The van der Waals surface area contributed by atoms with Crippen LogP contribution in [-0.4, -0.2) is 35.7 Å². The van der Waals surface area contributed by atoms with Crippen LogP contribution in [0.25, 0.3) is 0 Å². The minimum absolute atomic E-state index is 0.288. The van der Waals surface area contributed by atoms with Crippen molar-refractivity contribution in [1.82, 2.24) is 4.90 Å². The van der Waals surface area contributed by atoms with Gasteiger partial charge in [-0.2, -0.15) is 0 Å². The minimum Gasteiger partial charge on any atom is -0.395 e. The molecule has 1 heterocycles. The SMILES string of the molecule is CC(C)=CCCC(C)(C)CCCC(Cc1ccccc1Cl)CN1CCCC1CO. The van der Waals surface area contributed by atoms with Crippen molar-refractivity contribution in [1.29, 1.82) is 0 Å². The molecule has 2 atom stereocenters. The lowest BCUT2D eigenvalue weighted by Crippen LogP contribution is -2.36. The summed E-state index contributed by atoms with van der Waals surface area (Å²) in [6, 6.07) is 8.64. The zero-order valence-corrected chi connectivity index (χ0v) is 19.8. The Labute approximate surface area is 184 Å². The molecular weight excluding hydrogens is 378 g/mol. The summed E-state index contributed by atoms with van der Waals surface area (Å²) in [7, 11) is 0. The van der Waals surface area contributed by atoms with E-state index in [9.17, 15) is 5.11 Å². The highest BCUT2D eigenvalue weighted by atomic mass is 35.5. The van der Waals surface area contributed by atoms with E-state index in [1.54, 1.807) is 0 Å². The van der Waals surface area contributed by atoms with Gasteiger partial charge >= 0.3 is 0 Å². The number of hydrogen-bond donors (Lipinski definition) is 1. The Morgan fingerprint density at radius 3 is 2.72 bits per heavy atom. The number of allylic oxidation sites excluding steroid dienone is 2. The Hall–Kier alpha value is -0.830. The highest BCUT2D eigenvalue weighted by Crippen LogP contribution is 2.32. The van der Waals surface area contributed by atoms with Crippen LogP contribution in [-0.2, 0) is 6.42 Å². The fourth-order valence-electron chi connectivity index (χ4n) is 4.65. The summed E-state index contributed by atoms with van der Waals surface area (Å²) in [6.45, 7) is 11.7. The van der Waals surface area contributed by atoms with E-state index >= 15 is 0 Å². The molecule has 164 valence electrons. The summed E-state index contributed by atoms with van der Waals surface area (Å²) in [5.41, 5.74) is 3.08. The van der Waals surface area contributed by atoms with Gasteiger partial charge in [-0.05, 0) is 88.3 Å². The summed E-state index contributed by atoms with van der Waals surface area (Å²) < 4.78 is 0. The van der Waals surface area contributed by atoms with Gasteiger partial charge in [-0.25, -0.2) is 0 Å². The maximum atomic E-state index is 9.72. The lowest BCUT2D eigenvalue weighted by atomic mass is 9.81. The Morgan fingerprint density at radius 1 is 1.28 bits per heavy atom. The first-order chi connectivity index (χ1) is 13.8. The normalized spacial score (nSPS) is 18.8. The maximum absolute atomic E-state index is 9.72. The Kier molecular flexibility index (Phi) is 10.2. The van der Waals surface area contributed by atoms with Crippen LogP contribution in [0.15, 0.2) is 35.9 Å². The van der Waals surface area contributed by atoms with E-state index in [-0.39, 0.29) is 6.61 Å². The summed E-state index contributed by atoms with van der Waals surface area (Å²) in [6.07, 6.45) is 11.9. The number of nitrogens with zero attached hydrogens (tertiary/aromatic N) is 1. The summed E-state index contributed by atoms with van der Waals surface area (Å²) in [5, 5.41) is 10.6. The predicted octanol–water partition coefficient (Wildman–Crippen LogP) is 6.90. The van der Waals surface area contributed by atoms with Crippen LogP contribution >= 0.6 is 11.6 Å². The van der Waals surface area contributed by atoms with Crippen molar-refractivity contribution < 1.29 is 5.11 Å². The molecule has 1 aliphatic rings. The number of aliphatic hydroxyl groups excluding tert-OH is 1. The third-order valence-electron chi connectivity index (χ3n) is 6.51. The summed E-state index contributed by atoms with van der Waals surface area (Å²) in [5.74, 6) is 0.593. The first-order valence-electron chi connectivity index (χ1n) is 11.5. The number of likely N-dealkylation sites (tertiary alicyclic amines) is 1. The van der Waals surface area contributed by atoms with Crippen molar-refractivity contribution in [2.45, 2.75) is 85.1 Å². The quantitative estimate of drug-likeness (QED) is 0.372. The molecule has 1 aliphatic heterocycles. The lowest BCUT2D eigenvalue weighted by Gasteiger charge is -2.30. The monoisotopic (exact) mass is 419 g/mol. The van der Waals surface area contributed by atoms with E-state index in [1.807, 2.05) is 12.1 Å². The average Bonchev–Trinajstić information content (AvgIpc) is 3.10. The van der Waals surface area contributed by atoms with E-state index in [2.05, 4.69) is 50.8 Å². The molecule has 1 fully saturated rings. The average molecular weight is 420 g/mol. The largest absolute Gasteiger partial charge is 0.395 e. The zero-order chi connectivity index (χ0) is 21.3. The molecule has 1 N–H and O–H groups in total. The smallest absolute Gasteiger partial charge is 0.0586 e. The van der Waals surface area contributed by atoms with Crippen molar-refractivity contribution >= 4 is 11.6 Å². The molecule has 1 saturated heterocycles. The molecule has 1 aromatic rings. The predicted molar refractivity (Wildman–Crippen MR) is 127 cm³/mol. The van der Waals surface area contributed by atoms with Gasteiger partial charge in [0.05, 0.1) is 6.61 Å². The zero-order valence-electron chi connectivity index (χ0n) is 19.1. The number of rotatable bonds is 12. The van der Waals surface area contributed by atoms with Crippen LogP contribution in [0.2, 0.25) is 5.02 Å². The Balaban J connectivity index is 1.94. The standard InChI is InChI=1S/C26H42ClNO/c1-21(2)10-7-15-26(3,4)16-8-11-22(18-23-12-5-6-14-25(23)27)19-28-17-9-13-24(28)20-29/h5-6,10,12,14,22,24,29H,7-9,11,13,15-20H2,1-4H3. The molecule has 0 aliphatic carbocycles. The van der Waals surface area contributed by atoms with Gasteiger partial charge in [-0.15, -0.1) is 0 Å². The molecule has 2 unspecified atom stereocenters. The van der Waals surface area contributed by atoms with Crippen LogP contribution in [0.1, 0.15) is 78.2 Å². The number of benzene rings is 1. The molecule has 2 nitrogen and oxygen atoms in total. The van der Waals surface area contributed by atoms with E-state index in [0.29, 0.717) is 17.4 Å². The van der Waals surface area contributed by atoms with Crippen molar-refractivity contribution in [3.63, 3.8) is 0 Å². The van der Waals surface area contributed by atoms with E-state index < -0.39 is 0 Å². The van der Waals surface area contributed by atoms with Gasteiger partial charge < -0.3 is 5.11 Å². The molecule has 0 saturated carbocycles. The highest BCUT2D eigenvalue weighted by Gasteiger charge is 2.27. The first kappa shape index (κ1) is 24.4. The molecule has 3 heteroatoms. The molecule has 0 bridgehead atoms. The van der Waals surface area contributed by atoms with Gasteiger partial charge in [-0.3, -0.25) is 4.90 Å². The fourth-order valence-corrected chi connectivity index (χ4v) is 4.87. The van der Waals surface area contributed by atoms with Crippen LogP contribution in [0, 0.1) is 11.3 Å². The molecule has 1 aromatic carbocycles. The van der Waals surface area contributed by atoms with Crippen LogP contribution in [0.4, 0.5) is 0 Å². The number of hydrogen-bond acceptors (Lipinski definition) is 2. The van der Waals surface area contributed by atoms with Gasteiger partial charge in [0.2, 0.25) is 0 Å². The fraction of sp³-hybridized carbons (Fsp3) is 0.692. The minimum atomic E-state index is 0.288. The van der Waals surface area contributed by atoms with Crippen molar-refractivity contribution in [3.8, 4) is 0 Å². The molecule has 2 rings (SSSR count). The first-order valence-corrected chi connectivity index (χ1v) is 11.9. The second-order valence-corrected chi connectivity index (χ2v) is 10.4. The third-order valence-corrected chi connectivity index (χ3v) is 6.88. The number of halogens is 1. The number of aliphatic hydroxyl groups is 1. The molecular formula is C26H42ClNO. The molecule has 0 spiro atoms. The maximum Gasteiger partial charge on any atom is 0.0586 e. The van der Waals surface area contributed by atoms with Gasteiger partial charge in [0.15, 0.2) is 0 Å². The lowest BCUT2D eigenvalue weighted by molar-refractivity contribution is 0.137. The summed E-state index contributed by atoms with van der Waals surface area (Å²) >= 11 is 6.47. The van der Waals surface area contributed by atoms with E-state index in [4.69, 9.17) is 11.6 Å². The second-order valence-electron chi connectivity index (χ2n) is 10.0. The van der Waals surface area contributed by atoms with Gasteiger partial charge in [0, 0.05) is 17.6 Å². The molecule has 0 amide bonds. The van der Waals surface area contributed by atoms with Gasteiger partial charge in [0.1, 0.15) is 0 Å². The Bertz CT molecular complexity index is 635. The van der Waals surface area contributed by atoms with Crippen molar-refractivity contribution in [3.05, 3.63) is 46.5 Å². The topological polar surface area (TPSA) is 23.5 Å². The van der Waals surface area contributed by atoms with Crippen LogP contribution < -0.4 is 0 Å². The van der Waals surface area contributed by atoms with Crippen molar-refractivity contribution in [2.75, 3.05) is 19.7 Å². The Morgan fingerprint density at radius 2 is 2.03 bits per heavy atom. The van der Waals surface area contributed by atoms with E-state index in [1.165, 1.54) is 49.7 Å². The van der Waals surface area contributed by atoms with Crippen LogP contribution in [0.3, 0.4) is 0 Å². The highest BCUT2D eigenvalue weighted by molar-refractivity contribution is 6.31. The third kappa shape index (κ3) is 8.82. The van der Waals surface area contributed by atoms with Gasteiger partial charge in [0.25, 0.3) is 0 Å². The van der Waals surface area contributed by atoms with Gasteiger partial charge in [-0.1, -0.05) is 61.7 Å². The summed E-state index contributed by atoms with van der Waals surface area (Å²) in [4.78, 5) is 2.52. The molecule has 0 radical (unpaired) electrons. The second kappa shape index (κ2) is 12.1.